The van der Waals surface area contributed by atoms with Crippen molar-refractivity contribution in [3.63, 3.8) is 0 Å². The van der Waals surface area contributed by atoms with E-state index in [0.717, 1.165) is 18.1 Å². The number of nitrogen functional groups attached to an aromatic ring is 1. The van der Waals surface area contributed by atoms with Crippen LogP contribution in [-0.2, 0) is 0 Å². The van der Waals surface area contributed by atoms with E-state index in [1.165, 1.54) is 11.5 Å². The zero-order valence-corrected chi connectivity index (χ0v) is 11.3. The van der Waals surface area contributed by atoms with Crippen molar-refractivity contribution >= 4 is 22.4 Å². The molecule has 0 unspecified atom stereocenters. The lowest BCUT2D eigenvalue weighted by atomic mass is 10.2. The number of anilines is 2. The standard InChI is InChI=1S/C11H22N4S/c1-8(2)15(9(3)4)6-5-13-11-7-10(12)14-16-11/h7-9,13H,5-6H2,1-4H3,(H2,12,14). The van der Waals surface area contributed by atoms with Gasteiger partial charge in [-0.1, -0.05) is 0 Å². The molecular weight excluding hydrogens is 220 g/mol. The minimum atomic E-state index is 0.577. The molecule has 3 N–H and O–H groups in total. The van der Waals surface area contributed by atoms with Crippen LogP contribution in [0.25, 0.3) is 0 Å². The van der Waals surface area contributed by atoms with E-state index in [9.17, 15) is 0 Å². The fourth-order valence-electron chi connectivity index (χ4n) is 1.79. The second kappa shape index (κ2) is 6.06. The number of hydrogen-bond donors (Lipinski definition) is 2. The lowest BCUT2D eigenvalue weighted by molar-refractivity contribution is 0.182. The largest absolute Gasteiger partial charge is 0.383 e. The molecule has 1 heterocycles. The summed E-state index contributed by atoms with van der Waals surface area (Å²) in [6.07, 6.45) is 0. The normalized spacial score (nSPS) is 11.7. The Morgan fingerprint density at radius 1 is 1.38 bits per heavy atom. The van der Waals surface area contributed by atoms with Gasteiger partial charge in [0, 0.05) is 31.2 Å². The molecule has 0 saturated heterocycles. The first-order valence-corrected chi connectivity index (χ1v) is 6.50. The van der Waals surface area contributed by atoms with Gasteiger partial charge in [-0.3, -0.25) is 4.90 Å². The van der Waals surface area contributed by atoms with Crippen molar-refractivity contribution < 1.29 is 0 Å². The Kier molecular flexibility index (Phi) is 5.02. The molecule has 0 aliphatic carbocycles. The highest BCUT2D eigenvalue weighted by Crippen LogP contribution is 2.17. The Labute approximate surface area is 102 Å². The van der Waals surface area contributed by atoms with Crippen molar-refractivity contribution in [1.29, 1.82) is 0 Å². The monoisotopic (exact) mass is 242 g/mol. The van der Waals surface area contributed by atoms with E-state index >= 15 is 0 Å². The van der Waals surface area contributed by atoms with Crippen LogP contribution < -0.4 is 11.1 Å². The molecular formula is C11H22N4S. The number of rotatable bonds is 6. The first-order chi connectivity index (χ1) is 7.50. The van der Waals surface area contributed by atoms with Gasteiger partial charge in [-0.2, -0.15) is 4.37 Å². The smallest absolute Gasteiger partial charge is 0.139 e. The van der Waals surface area contributed by atoms with Gasteiger partial charge in [0.2, 0.25) is 0 Å². The van der Waals surface area contributed by atoms with Crippen molar-refractivity contribution in [3.05, 3.63) is 6.07 Å². The highest BCUT2D eigenvalue weighted by Gasteiger charge is 2.12. The molecule has 0 radical (unpaired) electrons. The van der Waals surface area contributed by atoms with Crippen LogP contribution in [0.15, 0.2) is 6.07 Å². The van der Waals surface area contributed by atoms with Crippen LogP contribution in [0.2, 0.25) is 0 Å². The van der Waals surface area contributed by atoms with Crippen LogP contribution in [-0.4, -0.2) is 34.4 Å². The van der Waals surface area contributed by atoms with Crippen LogP contribution in [0.4, 0.5) is 10.8 Å². The zero-order chi connectivity index (χ0) is 12.1. The van der Waals surface area contributed by atoms with Crippen LogP contribution in [0, 0.1) is 0 Å². The summed E-state index contributed by atoms with van der Waals surface area (Å²) in [5.74, 6) is 0.595. The van der Waals surface area contributed by atoms with Gasteiger partial charge in [-0.25, -0.2) is 0 Å². The van der Waals surface area contributed by atoms with Crippen LogP contribution >= 0.6 is 11.5 Å². The van der Waals surface area contributed by atoms with E-state index in [4.69, 9.17) is 5.73 Å². The van der Waals surface area contributed by atoms with Gasteiger partial charge in [0.15, 0.2) is 0 Å². The Hall–Kier alpha value is -0.810. The van der Waals surface area contributed by atoms with Crippen molar-refractivity contribution in [2.75, 3.05) is 24.1 Å². The second-order valence-corrected chi connectivity index (χ2v) is 5.27. The molecule has 0 aliphatic heterocycles. The van der Waals surface area contributed by atoms with Crippen molar-refractivity contribution in [2.45, 2.75) is 39.8 Å². The maximum absolute atomic E-state index is 5.56. The Morgan fingerprint density at radius 2 is 2.00 bits per heavy atom. The molecule has 0 fully saturated rings. The van der Waals surface area contributed by atoms with E-state index in [2.05, 4.69) is 42.3 Å². The predicted molar refractivity (Wildman–Crippen MR) is 72.0 cm³/mol. The fourth-order valence-corrected chi connectivity index (χ4v) is 2.39. The molecule has 16 heavy (non-hydrogen) atoms. The fraction of sp³-hybridized carbons (Fsp3) is 0.727. The molecule has 0 saturated carbocycles. The molecule has 0 aliphatic rings. The third-order valence-corrected chi connectivity index (χ3v) is 3.29. The predicted octanol–water partition coefficient (Wildman–Crippen LogP) is 2.26. The summed E-state index contributed by atoms with van der Waals surface area (Å²) in [4.78, 5) is 2.46. The Balaban J connectivity index is 2.33. The van der Waals surface area contributed by atoms with Crippen molar-refractivity contribution in [1.82, 2.24) is 9.27 Å². The molecule has 1 aromatic rings. The third kappa shape index (κ3) is 3.98. The van der Waals surface area contributed by atoms with E-state index in [0.29, 0.717) is 17.9 Å². The van der Waals surface area contributed by atoms with Gasteiger partial charge < -0.3 is 11.1 Å². The highest BCUT2D eigenvalue weighted by molar-refractivity contribution is 7.10. The lowest BCUT2D eigenvalue weighted by Crippen LogP contribution is -2.40. The maximum Gasteiger partial charge on any atom is 0.139 e. The molecule has 1 aromatic heterocycles. The minimum absolute atomic E-state index is 0.577. The number of nitrogens with two attached hydrogens (primary N) is 1. The van der Waals surface area contributed by atoms with Gasteiger partial charge in [0.25, 0.3) is 0 Å². The van der Waals surface area contributed by atoms with Gasteiger partial charge in [-0.15, -0.1) is 0 Å². The van der Waals surface area contributed by atoms with E-state index < -0.39 is 0 Å². The van der Waals surface area contributed by atoms with Gasteiger partial charge >= 0.3 is 0 Å². The Morgan fingerprint density at radius 3 is 2.44 bits per heavy atom. The summed E-state index contributed by atoms with van der Waals surface area (Å²) in [5.41, 5.74) is 5.56. The van der Waals surface area contributed by atoms with E-state index in [-0.39, 0.29) is 0 Å². The number of nitrogens with one attached hydrogen (secondary N) is 1. The molecule has 1 rings (SSSR count). The molecule has 4 nitrogen and oxygen atoms in total. The lowest BCUT2D eigenvalue weighted by Gasteiger charge is -2.30. The summed E-state index contributed by atoms with van der Waals surface area (Å²) in [6.45, 7) is 10.9. The van der Waals surface area contributed by atoms with Gasteiger partial charge in [0.05, 0.1) is 0 Å². The average molecular weight is 242 g/mol. The summed E-state index contributed by atoms with van der Waals surface area (Å²) in [6, 6.07) is 3.03. The van der Waals surface area contributed by atoms with Crippen LogP contribution in [0.5, 0.6) is 0 Å². The summed E-state index contributed by atoms with van der Waals surface area (Å²) in [5, 5.41) is 4.39. The number of hydrogen-bond acceptors (Lipinski definition) is 5. The van der Waals surface area contributed by atoms with Crippen molar-refractivity contribution in [3.8, 4) is 0 Å². The molecule has 92 valence electrons. The molecule has 0 aromatic carbocycles. The molecule has 0 amide bonds. The maximum atomic E-state index is 5.56. The third-order valence-electron chi connectivity index (χ3n) is 2.52. The number of nitrogens with zero attached hydrogens (tertiary/aromatic N) is 2. The Bertz CT molecular complexity index is 301. The summed E-state index contributed by atoms with van der Waals surface area (Å²) >= 11 is 1.41. The second-order valence-electron chi connectivity index (χ2n) is 4.47. The zero-order valence-electron chi connectivity index (χ0n) is 10.5. The topological polar surface area (TPSA) is 54.2 Å². The minimum Gasteiger partial charge on any atom is -0.383 e. The molecule has 5 heteroatoms. The SMILES string of the molecule is CC(C)N(CCNc1cc(N)ns1)C(C)C. The molecule has 0 atom stereocenters. The first-order valence-electron chi connectivity index (χ1n) is 5.72. The first kappa shape index (κ1) is 13.3. The molecule has 0 bridgehead atoms. The van der Waals surface area contributed by atoms with Crippen molar-refractivity contribution in [2.24, 2.45) is 0 Å². The van der Waals surface area contributed by atoms with Gasteiger partial charge in [0.1, 0.15) is 10.8 Å². The van der Waals surface area contributed by atoms with E-state index in [1.54, 1.807) is 0 Å². The number of aromatic nitrogens is 1. The molecule has 0 spiro atoms. The summed E-state index contributed by atoms with van der Waals surface area (Å²) in [7, 11) is 0. The van der Waals surface area contributed by atoms with Crippen LogP contribution in [0.1, 0.15) is 27.7 Å². The highest BCUT2D eigenvalue weighted by atomic mass is 32.1. The van der Waals surface area contributed by atoms with E-state index in [1.807, 2.05) is 6.07 Å². The van der Waals surface area contributed by atoms with Crippen LogP contribution in [0.3, 0.4) is 0 Å². The average Bonchev–Trinajstić information content (AvgIpc) is 2.57. The van der Waals surface area contributed by atoms with Gasteiger partial charge in [-0.05, 0) is 39.2 Å². The summed E-state index contributed by atoms with van der Waals surface area (Å²) < 4.78 is 4.03. The quantitative estimate of drug-likeness (QED) is 0.803.